The van der Waals surface area contributed by atoms with E-state index in [1.807, 2.05) is 0 Å². The summed E-state index contributed by atoms with van der Waals surface area (Å²) in [5.41, 5.74) is 1.25. The Morgan fingerprint density at radius 2 is 1.85 bits per heavy atom. The highest BCUT2D eigenvalue weighted by Crippen LogP contribution is 2.23. The monoisotopic (exact) mass is 200 g/mol. The Hall–Kier alpha value is -0.423. The van der Waals surface area contributed by atoms with Crippen molar-refractivity contribution in [1.82, 2.24) is 0 Å². The van der Waals surface area contributed by atoms with Gasteiger partial charge in [-0.15, -0.1) is 0 Å². The van der Waals surface area contributed by atoms with Crippen LogP contribution in [0.1, 0.15) is 6.42 Å². The third-order valence-electron chi connectivity index (χ3n) is 2.20. The fraction of sp³-hybridized carbons (Fsp3) is 0.556. The van der Waals surface area contributed by atoms with Crippen molar-refractivity contribution in [2.45, 2.75) is 12.5 Å². The number of allylic oxidation sites excluding steroid dienone is 4. The van der Waals surface area contributed by atoms with Gasteiger partial charge in [0.25, 0.3) is 0 Å². The van der Waals surface area contributed by atoms with Crippen LogP contribution >= 0.6 is 0 Å². The van der Waals surface area contributed by atoms with Crippen LogP contribution in [0.5, 0.6) is 0 Å². The largest absolute Gasteiger partial charge is 0.504 e. The molecular formula is C9H16O3Si. The van der Waals surface area contributed by atoms with Gasteiger partial charge in [0.05, 0.1) is 0 Å². The van der Waals surface area contributed by atoms with Gasteiger partial charge in [-0.2, -0.15) is 0 Å². The van der Waals surface area contributed by atoms with Crippen molar-refractivity contribution in [3.05, 3.63) is 23.8 Å². The zero-order chi connectivity index (χ0) is 9.73. The van der Waals surface area contributed by atoms with Crippen molar-refractivity contribution in [2.24, 2.45) is 0 Å². The molecule has 0 saturated carbocycles. The molecule has 1 rings (SSSR count). The highest BCUT2D eigenvalue weighted by molar-refractivity contribution is 6.61. The highest BCUT2D eigenvalue weighted by Gasteiger charge is 2.38. The van der Waals surface area contributed by atoms with Crippen LogP contribution in [0.15, 0.2) is 23.8 Å². The average Bonchev–Trinajstić information content (AvgIpc) is 2.67. The van der Waals surface area contributed by atoms with Crippen LogP contribution in [0.4, 0.5) is 0 Å². The summed E-state index contributed by atoms with van der Waals surface area (Å²) >= 11 is 0. The SMILES string of the molecule is CO[Si](CC1=CCC=C1)(OC)OC. The summed E-state index contributed by atoms with van der Waals surface area (Å²) in [6.07, 6.45) is 7.39. The average molecular weight is 200 g/mol. The Morgan fingerprint density at radius 3 is 2.23 bits per heavy atom. The van der Waals surface area contributed by atoms with E-state index in [4.69, 9.17) is 13.3 Å². The number of hydrogen-bond acceptors (Lipinski definition) is 3. The quantitative estimate of drug-likeness (QED) is 0.633. The molecule has 0 aromatic heterocycles. The third-order valence-corrected chi connectivity index (χ3v) is 4.91. The predicted molar refractivity (Wildman–Crippen MR) is 53.4 cm³/mol. The molecule has 0 aromatic carbocycles. The van der Waals surface area contributed by atoms with Crippen molar-refractivity contribution in [3.63, 3.8) is 0 Å². The van der Waals surface area contributed by atoms with Gasteiger partial charge in [-0.1, -0.05) is 18.2 Å². The lowest BCUT2D eigenvalue weighted by molar-refractivity contribution is 0.126. The molecule has 1 aliphatic carbocycles. The first-order valence-electron chi connectivity index (χ1n) is 4.27. The minimum atomic E-state index is -2.40. The second kappa shape index (κ2) is 4.71. The molecule has 0 aliphatic heterocycles. The van der Waals surface area contributed by atoms with Crippen LogP contribution in [-0.2, 0) is 13.3 Å². The van der Waals surface area contributed by atoms with Gasteiger partial charge in [-0.05, 0) is 12.0 Å². The first-order valence-corrected chi connectivity index (χ1v) is 6.20. The van der Waals surface area contributed by atoms with Gasteiger partial charge in [0.2, 0.25) is 0 Å². The van der Waals surface area contributed by atoms with Crippen molar-refractivity contribution in [3.8, 4) is 0 Å². The van der Waals surface area contributed by atoms with E-state index in [0.717, 1.165) is 12.5 Å². The molecule has 0 heterocycles. The smallest absolute Gasteiger partial charge is 0.377 e. The first kappa shape index (κ1) is 10.7. The topological polar surface area (TPSA) is 27.7 Å². The van der Waals surface area contributed by atoms with Gasteiger partial charge in [-0.25, -0.2) is 0 Å². The summed E-state index contributed by atoms with van der Waals surface area (Å²) in [7, 11) is 2.51. The first-order chi connectivity index (χ1) is 6.26. The Labute approximate surface area is 80.4 Å². The van der Waals surface area contributed by atoms with E-state index in [2.05, 4.69) is 18.2 Å². The number of hydrogen-bond donors (Lipinski definition) is 0. The van der Waals surface area contributed by atoms with Crippen LogP contribution in [0.25, 0.3) is 0 Å². The minimum absolute atomic E-state index is 0.757. The Kier molecular flexibility index (Phi) is 3.86. The van der Waals surface area contributed by atoms with E-state index in [9.17, 15) is 0 Å². The fourth-order valence-electron chi connectivity index (χ4n) is 1.35. The maximum Gasteiger partial charge on any atom is 0.504 e. The van der Waals surface area contributed by atoms with E-state index in [-0.39, 0.29) is 0 Å². The van der Waals surface area contributed by atoms with Crippen LogP contribution in [-0.4, -0.2) is 30.1 Å². The molecule has 0 fully saturated rings. The Bertz CT molecular complexity index is 211. The molecule has 0 radical (unpaired) electrons. The molecule has 0 aromatic rings. The second-order valence-corrected chi connectivity index (χ2v) is 5.83. The van der Waals surface area contributed by atoms with E-state index >= 15 is 0 Å². The van der Waals surface area contributed by atoms with Gasteiger partial charge >= 0.3 is 8.80 Å². The summed E-state index contributed by atoms with van der Waals surface area (Å²) in [4.78, 5) is 0. The standard InChI is InChI=1S/C9H16O3Si/c1-10-13(11-2,12-3)8-9-6-4-5-7-9/h4,6-7H,5,8H2,1-3H3. The molecule has 0 amide bonds. The lowest BCUT2D eigenvalue weighted by Gasteiger charge is -2.24. The third kappa shape index (κ3) is 2.51. The van der Waals surface area contributed by atoms with Gasteiger partial charge in [0.1, 0.15) is 0 Å². The predicted octanol–water partition coefficient (Wildman–Crippen LogP) is 1.75. The van der Waals surface area contributed by atoms with Crippen LogP contribution in [0.2, 0.25) is 6.04 Å². The van der Waals surface area contributed by atoms with Gasteiger partial charge in [-0.3, -0.25) is 0 Å². The summed E-state index contributed by atoms with van der Waals surface area (Å²) in [6, 6.07) is 0.757. The van der Waals surface area contributed by atoms with Crippen LogP contribution in [0, 0.1) is 0 Å². The van der Waals surface area contributed by atoms with E-state index < -0.39 is 8.80 Å². The Morgan fingerprint density at radius 1 is 1.23 bits per heavy atom. The summed E-state index contributed by atoms with van der Waals surface area (Å²) in [6.45, 7) is 0. The second-order valence-electron chi connectivity index (χ2n) is 2.89. The van der Waals surface area contributed by atoms with Crippen molar-refractivity contribution in [2.75, 3.05) is 21.3 Å². The molecule has 0 spiro atoms. The van der Waals surface area contributed by atoms with Gasteiger partial charge in [0.15, 0.2) is 0 Å². The van der Waals surface area contributed by atoms with E-state index in [0.29, 0.717) is 0 Å². The molecule has 0 saturated heterocycles. The molecule has 0 atom stereocenters. The van der Waals surface area contributed by atoms with Crippen LogP contribution in [0.3, 0.4) is 0 Å². The molecule has 3 nitrogen and oxygen atoms in total. The molecule has 1 aliphatic rings. The zero-order valence-electron chi connectivity index (χ0n) is 8.37. The van der Waals surface area contributed by atoms with E-state index in [1.165, 1.54) is 5.57 Å². The number of rotatable bonds is 5. The molecule has 4 heteroatoms. The summed E-state index contributed by atoms with van der Waals surface area (Å²) in [5, 5.41) is 0. The van der Waals surface area contributed by atoms with Crippen molar-refractivity contribution < 1.29 is 13.3 Å². The molecule has 74 valence electrons. The maximum atomic E-state index is 5.32. The van der Waals surface area contributed by atoms with Gasteiger partial charge in [0, 0.05) is 27.4 Å². The van der Waals surface area contributed by atoms with Crippen LogP contribution < -0.4 is 0 Å². The lowest BCUT2D eigenvalue weighted by Crippen LogP contribution is -2.42. The van der Waals surface area contributed by atoms with Crippen molar-refractivity contribution in [1.29, 1.82) is 0 Å². The minimum Gasteiger partial charge on any atom is -0.377 e. The Balaban J connectivity index is 2.60. The summed E-state index contributed by atoms with van der Waals surface area (Å²) in [5.74, 6) is 0. The molecule has 0 unspecified atom stereocenters. The normalized spacial score (nSPS) is 16.4. The summed E-state index contributed by atoms with van der Waals surface area (Å²) < 4.78 is 16.0. The van der Waals surface area contributed by atoms with Gasteiger partial charge < -0.3 is 13.3 Å². The molecular weight excluding hydrogens is 184 g/mol. The van der Waals surface area contributed by atoms with E-state index in [1.54, 1.807) is 21.3 Å². The lowest BCUT2D eigenvalue weighted by atomic mass is 10.3. The molecule has 0 bridgehead atoms. The highest BCUT2D eigenvalue weighted by atomic mass is 28.4. The molecule has 13 heavy (non-hydrogen) atoms. The fourth-order valence-corrected chi connectivity index (χ4v) is 3.05. The molecule has 0 N–H and O–H groups in total. The zero-order valence-corrected chi connectivity index (χ0v) is 9.37. The van der Waals surface area contributed by atoms with Crippen molar-refractivity contribution >= 4 is 8.80 Å². The maximum absolute atomic E-state index is 5.32.